The summed E-state index contributed by atoms with van der Waals surface area (Å²) in [6.07, 6.45) is 7.27. The molecule has 0 amide bonds. The average molecular weight is 449 g/mol. The van der Waals surface area contributed by atoms with Crippen LogP contribution in [0.3, 0.4) is 0 Å². The molecule has 6 nitrogen and oxygen atoms in total. The van der Waals surface area contributed by atoms with Crippen LogP contribution in [0.25, 0.3) is 17.2 Å². The van der Waals surface area contributed by atoms with Crippen molar-refractivity contribution in [3.63, 3.8) is 0 Å². The van der Waals surface area contributed by atoms with Gasteiger partial charge in [0.1, 0.15) is 11.5 Å². The Morgan fingerprint density at radius 2 is 2.12 bits per heavy atom. The van der Waals surface area contributed by atoms with Crippen molar-refractivity contribution in [2.75, 3.05) is 32.0 Å². The lowest BCUT2D eigenvalue weighted by atomic mass is 9.97. The SMILES string of the molecule is C=C(CN1CC=C(C)C1)Nc1cc(C)c(/C(C)=C/c2c(C(C=NC)=CN)n[nH]c2C)c(F)c1. The van der Waals surface area contributed by atoms with Gasteiger partial charge < -0.3 is 11.1 Å². The van der Waals surface area contributed by atoms with Gasteiger partial charge >= 0.3 is 0 Å². The van der Waals surface area contributed by atoms with Crippen LogP contribution in [-0.4, -0.2) is 48.0 Å². The number of aryl methyl sites for hydroxylation is 2. The van der Waals surface area contributed by atoms with E-state index in [9.17, 15) is 0 Å². The van der Waals surface area contributed by atoms with Gasteiger partial charge in [0, 0.05) is 72.9 Å². The highest BCUT2D eigenvalue weighted by atomic mass is 19.1. The molecule has 1 aliphatic rings. The fraction of sp³-hybridized carbons (Fsp3) is 0.308. The number of nitrogens with two attached hydrogens (primary N) is 1. The van der Waals surface area contributed by atoms with Crippen LogP contribution in [0.1, 0.15) is 41.9 Å². The number of aliphatic imine (C=N–C) groups is 1. The highest BCUT2D eigenvalue weighted by Crippen LogP contribution is 2.30. The van der Waals surface area contributed by atoms with Crippen molar-refractivity contribution in [3.8, 4) is 0 Å². The van der Waals surface area contributed by atoms with Crippen molar-refractivity contribution in [2.45, 2.75) is 27.7 Å². The maximum Gasteiger partial charge on any atom is 0.133 e. The number of anilines is 1. The van der Waals surface area contributed by atoms with Gasteiger partial charge in [0.05, 0.1) is 0 Å². The molecule has 0 unspecified atom stereocenters. The first-order valence-electron chi connectivity index (χ1n) is 10.9. The number of hydrogen-bond acceptors (Lipinski definition) is 5. The van der Waals surface area contributed by atoms with Crippen LogP contribution < -0.4 is 11.1 Å². The Bertz CT molecular complexity index is 1140. The molecule has 2 aromatic rings. The van der Waals surface area contributed by atoms with Crippen molar-refractivity contribution in [1.82, 2.24) is 15.1 Å². The molecule has 0 radical (unpaired) electrons. The number of allylic oxidation sites excluding steroid dienone is 2. The summed E-state index contributed by atoms with van der Waals surface area (Å²) in [5.41, 5.74) is 14.0. The second-order valence-corrected chi connectivity index (χ2v) is 8.55. The molecule has 0 saturated carbocycles. The quantitative estimate of drug-likeness (QED) is 0.396. The van der Waals surface area contributed by atoms with Crippen molar-refractivity contribution >= 4 is 29.1 Å². The van der Waals surface area contributed by atoms with E-state index >= 15 is 4.39 Å². The van der Waals surface area contributed by atoms with Crippen molar-refractivity contribution in [2.24, 2.45) is 10.7 Å². The number of rotatable bonds is 8. The zero-order valence-electron chi connectivity index (χ0n) is 20.1. The van der Waals surface area contributed by atoms with Crippen molar-refractivity contribution < 1.29 is 4.39 Å². The standard InChI is InChI=1S/C26H33FN6/c1-16-7-8-33(14-16)15-19(4)30-22-9-17(2)25(24(27)11-22)18(3)10-23-20(5)31-32-26(23)21(12-28)13-29-6/h7,9-13,30H,4,8,14-15,28H2,1-3,5-6H3,(H,31,32)/b18-10+,21-12?,29-13?. The molecule has 2 heterocycles. The maximum atomic E-state index is 15.2. The molecule has 0 saturated heterocycles. The number of H-pyrrole nitrogens is 1. The molecule has 33 heavy (non-hydrogen) atoms. The van der Waals surface area contributed by atoms with Crippen LogP contribution in [0.15, 0.2) is 47.3 Å². The molecule has 3 rings (SSSR count). The van der Waals surface area contributed by atoms with Crippen LogP contribution in [0, 0.1) is 19.7 Å². The van der Waals surface area contributed by atoms with E-state index in [1.165, 1.54) is 17.8 Å². The summed E-state index contributed by atoms with van der Waals surface area (Å²) in [7, 11) is 1.68. The summed E-state index contributed by atoms with van der Waals surface area (Å²) in [5.74, 6) is -0.287. The van der Waals surface area contributed by atoms with Crippen LogP contribution in [0.2, 0.25) is 0 Å². The minimum absolute atomic E-state index is 0.287. The molecule has 1 aromatic carbocycles. The highest BCUT2D eigenvalue weighted by molar-refractivity contribution is 6.10. The summed E-state index contributed by atoms with van der Waals surface area (Å²) in [4.78, 5) is 6.33. The molecule has 0 fully saturated rings. The van der Waals surface area contributed by atoms with Crippen LogP contribution in [0.4, 0.5) is 10.1 Å². The summed E-state index contributed by atoms with van der Waals surface area (Å²) in [6, 6.07) is 3.48. The number of nitrogens with one attached hydrogen (secondary N) is 2. The fourth-order valence-electron chi connectivity index (χ4n) is 4.16. The minimum Gasteiger partial charge on any atom is -0.404 e. The third-order valence-electron chi connectivity index (χ3n) is 5.66. The van der Waals surface area contributed by atoms with Gasteiger partial charge in [-0.2, -0.15) is 5.10 Å². The van der Waals surface area contributed by atoms with Gasteiger partial charge in [-0.1, -0.05) is 18.2 Å². The number of benzene rings is 1. The lowest BCUT2D eigenvalue weighted by Crippen LogP contribution is -2.25. The second-order valence-electron chi connectivity index (χ2n) is 8.55. The molecule has 0 bridgehead atoms. The summed E-state index contributed by atoms with van der Waals surface area (Å²) in [5, 5.41) is 10.6. The summed E-state index contributed by atoms with van der Waals surface area (Å²) >= 11 is 0. The number of hydrogen-bond donors (Lipinski definition) is 3. The van der Waals surface area contributed by atoms with Crippen molar-refractivity contribution in [1.29, 1.82) is 0 Å². The molecule has 0 aliphatic carbocycles. The number of halogens is 1. The number of aromatic nitrogens is 2. The van der Waals surface area contributed by atoms with Crippen molar-refractivity contribution in [3.05, 3.63) is 76.2 Å². The predicted molar refractivity (Wildman–Crippen MR) is 138 cm³/mol. The molecule has 7 heteroatoms. The van der Waals surface area contributed by atoms with Gasteiger partial charge in [-0.15, -0.1) is 0 Å². The van der Waals surface area contributed by atoms with Crippen LogP contribution in [-0.2, 0) is 0 Å². The van der Waals surface area contributed by atoms with E-state index in [1.54, 1.807) is 13.3 Å². The van der Waals surface area contributed by atoms with Gasteiger partial charge in [0.2, 0.25) is 0 Å². The van der Waals surface area contributed by atoms with Crippen LogP contribution in [0.5, 0.6) is 0 Å². The first-order valence-corrected chi connectivity index (χ1v) is 10.9. The molecule has 0 atom stereocenters. The monoisotopic (exact) mass is 448 g/mol. The third kappa shape index (κ3) is 5.68. The van der Waals surface area contributed by atoms with E-state index in [2.05, 4.69) is 45.0 Å². The molecular formula is C26H33FN6. The van der Waals surface area contributed by atoms with E-state index in [4.69, 9.17) is 5.73 Å². The third-order valence-corrected chi connectivity index (χ3v) is 5.66. The Morgan fingerprint density at radius 1 is 1.36 bits per heavy atom. The van der Waals surface area contributed by atoms with E-state index < -0.39 is 0 Å². The summed E-state index contributed by atoms with van der Waals surface area (Å²) in [6.45, 7) is 14.6. The fourth-order valence-corrected chi connectivity index (χ4v) is 4.16. The second kappa shape index (κ2) is 10.4. The molecule has 174 valence electrons. The molecular weight excluding hydrogens is 415 g/mol. The zero-order valence-corrected chi connectivity index (χ0v) is 20.1. The van der Waals surface area contributed by atoms with Gasteiger partial charge in [0.25, 0.3) is 0 Å². The van der Waals surface area contributed by atoms with E-state index in [0.717, 1.165) is 47.7 Å². The van der Waals surface area contributed by atoms with Crippen LogP contribution >= 0.6 is 0 Å². The van der Waals surface area contributed by atoms with E-state index in [0.29, 0.717) is 22.5 Å². The molecule has 4 N–H and O–H groups in total. The molecule has 1 aromatic heterocycles. The highest BCUT2D eigenvalue weighted by Gasteiger charge is 2.16. The topological polar surface area (TPSA) is 82.3 Å². The largest absolute Gasteiger partial charge is 0.404 e. The first-order chi connectivity index (χ1) is 15.7. The van der Waals surface area contributed by atoms with E-state index in [1.807, 2.05) is 32.9 Å². The van der Waals surface area contributed by atoms with Gasteiger partial charge in [-0.25, -0.2) is 4.39 Å². The Labute approximate surface area is 195 Å². The zero-order chi connectivity index (χ0) is 24.1. The van der Waals surface area contributed by atoms with Gasteiger partial charge in [0.15, 0.2) is 0 Å². The first kappa shape index (κ1) is 24.2. The van der Waals surface area contributed by atoms with Gasteiger partial charge in [-0.3, -0.25) is 15.0 Å². The lowest BCUT2D eigenvalue weighted by molar-refractivity contribution is 0.380. The smallest absolute Gasteiger partial charge is 0.133 e. The number of aromatic amines is 1. The Hall–Kier alpha value is -3.45. The Kier molecular flexibility index (Phi) is 7.66. The van der Waals surface area contributed by atoms with Gasteiger partial charge in [-0.05, 0) is 57.0 Å². The number of nitrogens with zero attached hydrogens (tertiary/aromatic N) is 3. The summed E-state index contributed by atoms with van der Waals surface area (Å²) < 4.78 is 15.2. The average Bonchev–Trinajstić information content (AvgIpc) is 3.31. The predicted octanol–water partition coefficient (Wildman–Crippen LogP) is 4.91. The van der Waals surface area contributed by atoms with E-state index in [-0.39, 0.29) is 5.82 Å². The lowest BCUT2D eigenvalue weighted by Gasteiger charge is -2.19. The molecule has 0 spiro atoms. The minimum atomic E-state index is -0.287. The maximum absolute atomic E-state index is 15.2. The Morgan fingerprint density at radius 3 is 2.73 bits per heavy atom. The normalized spacial score (nSPS) is 15.4. The Balaban J connectivity index is 1.84. The molecule has 1 aliphatic heterocycles.